The van der Waals surface area contributed by atoms with E-state index in [2.05, 4.69) is 37.6 Å². The van der Waals surface area contributed by atoms with Gasteiger partial charge in [0.2, 0.25) is 0 Å². The zero-order valence-corrected chi connectivity index (χ0v) is 13.4. The van der Waals surface area contributed by atoms with Crippen LogP contribution in [0.25, 0.3) is 0 Å². The number of piperidine rings is 1. The van der Waals surface area contributed by atoms with Crippen LogP contribution in [0.4, 0.5) is 0 Å². The second kappa shape index (κ2) is 9.41. The molecule has 0 amide bonds. The summed E-state index contributed by atoms with van der Waals surface area (Å²) in [5.41, 5.74) is 1.23. The van der Waals surface area contributed by atoms with Gasteiger partial charge >= 0.3 is 0 Å². The van der Waals surface area contributed by atoms with Gasteiger partial charge in [-0.25, -0.2) is 0 Å². The summed E-state index contributed by atoms with van der Waals surface area (Å²) in [6.07, 6.45) is 9.41. The van der Waals surface area contributed by atoms with Crippen LogP contribution in [0.3, 0.4) is 0 Å². The monoisotopic (exact) mass is 266 g/mol. The standard InChI is InChI=1S/C17H34N2/c1-5-6-7-8-11-19-12-9-17(10-13-19)14-16(4)18-15(2)3/h15,17-18H,4-14H2,1-3H3. The van der Waals surface area contributed by atoms with Crippen LogP contribution < -0.4 is 5.32 Å². The van der Waals surface area contributed by atoms with E-state index in [1.54, 1.807) is 0 Å². The SMILES string of the molecule is C=C(CC1CCN(CCCCCC)CC1)NC(C)C. The molecule has 2 heteroatoms. The molecule has 0 saturated carbocycles. The van der Waals surface area contributed by atoms with E-state index < -0.39 is 0 Å². The van der Waals surface area contributed by atoms with E-state index in [0.717, 1.165) is 5.92 Å². The van der Waals surface area contributed by atoms with Crippen molar-refractivity contribution in [2.45, 2.75) is 71.8 Å². The molecule has 1 saturated heterocycles. The van der Waals surface area contributed by atoms with Crippen molar-refractivity contribution in [1.82, 2.24) is 10.2 Å². The zero-order valence-electron chi connectivity index (χ0n) is 13.4. The Morgan fingerprint density at radius 3 is 2.47 bits per heavy atom. The first-order valence-corrected chi connectivity index (χ1v) is 8.28. The van der Waals surface area contributed by atoms with Gasteiger partial charge in [0.25, 0.3) is 0 Å². The molecule has 1 heterocycles. The molecule has 19 heavy (non-hydrogen) atoms. The highest BCUT2D eigenvalue weighted by atomic mass is 15.1. The van der Waals surface area contributed by atoms with Gasteiger partial charge in [-0.2, -0.15) is 0 Å². The van der Waals surface area contributed by atoms with Crippen molar-refractivity contribution in [3.8, 4) is 0 Å². The van der Waals surface area contributed by atoms with Gasteiger partial charge in [-0.3, -0.25) is 0 Å². The fourth-order valence-corrected chi connectivity index (χ4v) is 2.99. The largest absolute Gasteiger partial charge is 0.387 e. The van der Waals surface area contributed by atoms with Crippen molar-refractivity contribution in [2.24, 2.45) is 5.92 Å². The highest BCUT2D eigenvalue weighted by Gasteiger charge is 2.19. The van der Waals surface area contributed by atoms with Gasteiger partial charge in [0.15, 0.2) is 0 Å². The Kier molecular flexibility index (Phi) is 8.20. The Morgan fingerprint density at radius 2 is 1.89 bits per heavy atom. The van der Waals surface area contributed by atoms with Gasteiger partial charge in [0, 0.05) is 11.7 Å². The zero-order chi connectivity index (χ0) is 14.1. The lowest BCUT2D eigenvalue weighted by molar-refractivity contribution is 0.180. The van der Waals surface area contributed by atoms with Crippen LogP contribution in [-0.2, 0) is 0 Å². The van der Waals surface area contributed by atoms with Crippen molar-refractivity contribution in [3.63, 3.8) is 0 Å². The quantitative estimate of drug-likeness (QED) is 0.630. The Balaban J connectivity index is 2.09. The number of hydrogen-bond acceptors (Lipinski definition) is 2. The average Bonchev–Trinajstić information content (AvgIpc) is 2.35. The van der Waals surface area contributed by atoms with Crippen molar-refractivity contribution in [3.05, 3.63) is 12.3 Å². The number of rotatable bonds is 9. The van der Waals surface area contributed by atoms with E-state index in [1.807, 2.05) is 0 Å². The molecule has 0 aromatic rings. The second-order valence-electron chi connectivity index (χ2n) is 6.45. The molecule has 2 nitrogen and oxygen atoms in total. The third-order valence-corrected chi connectivity index (χ3v) is 4.06. The summed E-state index contributed by atoms with van der Waals surface area (Å²) in [6.45, 7) is 14.7. The van der Waals surface area contributed by atoms with Crippen LogP contribution in [0, 0.1) is 5.92 Å². The maximum Gasteiger partial charge on any atom is 0.0201 e. The maximum atomic E-state index is 4.15. The number of nitrogens with zero attached hydrogens (tertiary/aromatic N) is 1. The summed E-state index contributed by atoms with van der Waals surface area (Å²) >= 11 is 0. The molecule has 1 aliphatic rings. The molecule has 0 aliphatic carbocycles. The van der Waals surface area contributed by atoms with E-state index in [0.29, 0.717) is 6.04 Å². The Morgan fingerprint density at radius 1 is 1.21 bits per heavy atom. The van der Waals surface area contributed by atoms with Gasteiger partial charge < -0.3 is 10.2 Å². The molecular formula is C17H34N2. The maximum absolute atomic E-state index is 4.15. The van der Waals surface area contributed by atoms with Crippen molar-refractivity contribution >= 4 is 0 Å². The van der Waals surface area contributed by atoms with Crippen LogP contribution in [0.2, 0.25) is 0 Å². The number of allylic oxidation sites excluding steroid dienone is 1. The minimum absolute atomic E-state index is 0.520. The first-order valence-electron chi connectivity index (χ1n) is 8.28. The molecule has 0 bridgehead atoms. The molecule has 0 aromatic carbocycles. The lowest BCUT2D eigenvalue weighted by Crippen LogP contribution is -2.35. The van der Waals surface area contributed by atoms with Gasteiger partial charge in [-0.15, -0.1) is 0 Å². The summed E-state index contributed by atoms with van der Waals surface area (Å²) in [7, 11) is 0. The molecular weight excluding hydrogens is 232 g/mol. The highest BCUT2D eigenvalue weighted by molar-refractivity contribution is 4.95. The Bertz CT molecular complexity index is 240. The number of nitrogens with one attached hydrogen (secondary N) is 1. The normalized spacial score (nSPS) is 17.9. The lowest BCUT2D eigenvalue weighted by atomic mass is 9.92. The number of hydrogen-bond donors (Lipinski definition) is 1. The third kappa shape index (κ3) is 7.61. The molecule has 0 radical (unpaired) electrons. The molecule has 0 spiro atoms. The van der Waals surface area contributed by atoms with E-state index in [1.165, 1.54) is 70.3 Å². The smallest absolute Gasteiger partial charge is 0.0201 e. The lowest BCUT2D eigenvalue weighted by Gasteiger charge is -2.32. The summed E-state index contributed by atoms with van der Waals surface area (Å²) in [5.74, 6) is 0.852. The molecule has 1 fully saturated rings. The first-order chi connectivity index (χ1) is 9.11. The van der Waals surface area contributed by atoms with Crippen LogP contribution in [0.15, 0.2) is 12.3 Å². The van der Waals surface area contributed by atoms with E-state index >= 15 is 0 Å². The minimum Gasteiger partial charge on any atom is -0.387 e. The van der Waals surface area contributed by atoms with Gasteiger partial charge in [0.1, 0.15) is 0 Å². The molecule has 1 N–H and O–H groups in total. The summed E-state index contributed by atoms with van der Waals surface area (Å²) < 4.78 is 0. The van der Waals surface area contributed by atoms with E-state index in [-0.39, 0.29) is 0 Å². The number of unbranched alkanes of at least 4 members (excludes halogenated alkanes) is 3. The fourth-order valence-electron chi connectivity index (χ4n) is 2.99. The fraction of sp³-hybridized carbons (Fsp3) is 0.882. The average molecular weight is 266 g/mol. The second-order valence-corrected chi connectivity index (χ2v) is 6.45. The summed E-state index contributed by atoms with van der Waals surface area (Å²) in [4.78, 5) is 2.66. The van der Waals surface area contributed by atoms with E-state index in [4.69, 9.17) is 0 Å². The molecule has 112 valence electrons. The first kappa shape index (κ1) is 16.6. The Labute approximate surface area is 120 Å². The molecule has 0 atom stereocenters. The van der Waals surface area contributed by atoms with Crippen molar-refractivity contribution in [1.29, 1.82) is 0 Å². The predicted molar refractivity (Wildman–Crippen MR) is 85.3 cm³/mol. The molecule has 0 aromatic heterocycles. The van der Waals surface area contributed by atoms with Gasteiger partial charge in [0.05, 0.1) is 0 Å². The van der Waals surface area contributed by atoms with Gasteiger partial charge in [-0.1, -0.05) is 32.8 Å². The van der Waals surface area contributed by atoms with Crippen LogP contribution in [0.5, 0.6) is 0 Å². The summed E-state index contributed by atoms with van der Waals surface area (Å²) in [5, 5.41) is 3.44. The van der Waals surface area contributed by atoms with Crippen molar-refractivity contribution < 1.29 is 0 Å². The third-order valence-electron chi connectivity index (χ3n) is 4.06. The molecule has 1 rings (SSSR count). The van der Waals surface area contributed by atoms with Crippen molar-refractivity contribution in [2.75, 3.05) is 19.6 Å². The Hall–Kier alpha value is -0.500. The highest BCUT2D eigenvalue weighted by Crippen LogP contribution is 2.23. The number of likely N-dealkylation sites (tertiary alicyclic amines) is 1. The molecule has 0 unspecified atom stereocenters. The topological polar surface area (TPSA) is 15.3 Å². The molecule has 1 aliphatic heterocycles. The van der Waals surface area contributed by atoms with Crippen LogP contribution >= 0.6 is 0 Å². The predicted octanol–water partition coefficient (Wildman–Crippen LogP) is 4.18. The van der Waals surface area contributed by atoms with Gasteiger partial charge in [-0.05, 0) is 65.1 Å². The van der Waals surface area contributed by atoms with Crippen LogP contribution in [-0.4, -0.2) is 30.6 Å². The minimum atomic E-state index is 0.520. The van der Waals surface area contributed by atoms with E-state index in [9.17, 15) is 0 Å². The summed E-state index contributed by atoms with van der Waals surface area (Å²) in [6, 6.07) is 0.520. The van der Waals surface area contributed by atoms with Crippen LogP contribution in [0.1, 0.15) is 65.7 Å².